The molecule has 2 amide bonds. The largest absolute Gasteiger partial charge is 0.495 e. The number of likely N-dealkylation sites (N-methyl/N-ethyl adjacent to an activating group) is 1. The summed E-state index contributed by atoms with van der Waals surface area (Å²) >= 11 is 6.29. The van der Waals surface area contributed by atoms with Crippen LogP contribution < -0.4 is 9.64 Å². The Balaban J connectivity index is 1.77. The summed E-state index contributed by atoms with van der Waals surface area (Å²) in [5.41, 5.74) is 3.20. The average Bonchev–Trinajstić information content (AvgIpc) is 3.04. The monoisotopic (exact) mass is 439 g/mol. The second kappa shape index (κ2) is 8.73. The maximum atomic E-state index is 13.6. The van der Waals surface area contributed by atoms with Crippen LogP contribution in [0.5, 0.6) is 5.75 Å². The molecule has 2 aliphatic rings. The van der Waals surface area contributed by atoms with Crippen LogP contribution in [-0.4, -0.2) is 61.4 Å². The molecule has 0 saturated carbocycles. The quantitative estimate of drug-likeness (QED) is 0.666. The number of carbonyl (C=O) groups excluding carboxylic acids is 2. The first-order valence-corrected chi connectivity index (χ1v) is 10.8. The minimum absolute atomic E-state index is 0.313. The number of hydrogen-bond donors (Lipinski definition) is 0. The van der Waals surface area contributed by atoms with Crippen LogP contribution in [0.15, 0.2) is 48.2 Å². The van der Waals surface area contributed by atoms with Gasteiger partial charge in [-0.3, -0.25) is 9.59 Å². The maximum absolute atomic E-state index is 13.6. The molecule has 2 heterocycles. The smallest absolute Gasteiger partial charge is 0.282 e. The van der Waals surface area contributed by atoms with Gasteiger partial charge in [-0.05, 0) is 37.2 Å². The van der Waals surface area contributed by atoms with Crippen LogP contribution in [0.2, 0.25) is 5.02 Å². The lowest BCUT2D eigenvalue weighted by molar-refractivity contribution is -0.120. The number of benzene rings is 2. The summed E-state index contributed by atoms with van der Waals surface area (Å²) in [5, 5.41) is 0.350. The molecule has 2 aromatic rings. The van der Waals surface area contributed by atoms with Crippen LogP contribution in [0, 0.1) is 6.92 Å². The molecule has 0 aromatic heterocycles. The summed E-state index contributed by atoms with van der Waals surface area (Å²) < 4.78 is 5.21. The highest BCUT2D eigenvalue weighted by Crippen LogP contribution is 2.37. The molecule has 2 aromatic carbocycles. The Morgan fingerprint density at radius 3 is 2.23 bits per heavy atom. The molecule has 1 saturated heterocycles. The number of methoxy groups -OCH3 is 1. The number of hydrogen-bond acceptors (Lipinski definition) is 5. The lowest BCUT2D eigenvalue weighted by Gasteiger charge is -2.36. The molecule has 0 atom stereocenters. The highest BCUT2D eigenvalue weighted by atomic mass is 35.5. The number of rotatable bonds is 5. The van der Waals surface area contributed by atoms with E-state index in [1.807, 2.05) is 36.1 Å². The second-order valence-corrected chi connectivity index (χ2v) is 8.18. The molecule has 1 fully saturated rings. The Kier molecular flexibility index (Phi) is 6.03. The highest BCUT2D eigenvalue weighted by molar-refractivity contribution is 6.45. The molecule has 0 N–H and O–H groups in total. The predicted molar refractivity (Wildman–Crippen MR) is 122 cm³/mol. The number of halogens is 1. The van der Waals surface area contributed by atoms with Crippen LogP contribution in [-0.2, 0) is 9.59 Å². The molecule has 162 valence electrons. The Morgan fingerprint density at radius 2 is 1.65 bits per heavy atom. The predicted octanol–water partition coefficient (Wildman–Crippen LogP) is 3.58. The third kappa shape index (κ3) is 3.93. The van der Waals surface area contributed by atoms with E-state index in [-0.39, 0.29) is 11.8 Å². The lowest BCUT2D eigenvalue weighted by Crippen LogP contribution is -2.47. The van der Waals surface area contributed by atoms with Crippen molar-refractivity contribution in [3.63, 3.8) is 0 Å². The fraction of sp³-hybridized carbons (Fsp3) is 0.333. The maximum Gasteiger partial charge on any atom is 0.282 e. The first kappa shape index (κ1) is 21.4. The summed E-state index contributed by atoms with van der Waals surface area (Å²) in [6.07, 6.45) is 0. The van der Waals surface area contributed by atoms with Gasteiger partial charge in [-0.25, -0.2) is 4.90 Å². The van der Waals surface area contributed by atoms with Crippen molar-refractivity contribution in [2.75, 3.05) is 44.7 Å². The molecule has 0 aliphatic carbocycles. The van der Waals surface area contributed by atoms with Crippen molar-refractivity contribution in [1.82, 2.24) is 9.80 Å². The van der Waals surface area contributed by atoms with Crippen LogP contribution in [0.3, 0.4) is 0 Å². The summed E-state index contributed by atoms with van der Waals surface area (Å²) in [7, 11) is 1.53. The zero-order chi connectivity index (χ0) is 22.1. The fourth-order valence-electron chi connectivity index (χ4n) is 4.11. The molecule has 0 bridgehead atoms. The first-order valence-electron chi connectivity index (χ1n) is 10.5. The van der Waals surface area contributed by atoms with E-state index in [0.717, 1.165) is 30.8 Å². The van der Waals surface area contributed by atoms with Gasteiger partial charge in [0.15, 0.2) is 0 Å². The van der Waals surface area contributed by atoms with Crippen molar-refractivity contribution in [2.24, 2.45) is 0 Å². The Labute approximate surface area is 187 Å². The number of nitrogens with zero attached hydrogens (tertiary/aromatic N) is 3. The topological polar surface area (TPSA) is 53.1 Å². The van der Waals surface area contributed by atoms with E-state index in [2.05, 4.69) is 11.8 Å². The molecule has 4 rings (SSSR count). The van der Waals surface area contributed by atoms with E-state index in [4.69, 9.17) is 16.3 Å². The Morgan fingerprint density at radius 1 is 0.968 bits per heavy atom. The van der Waals surface area contributed by atoms with Gasteiger partial charge in [-0.1, -0.05) is 48.4 Å². The van der Waals surface area contributed by atoms with E-state index in [0.29, 0.717) is 40.8 Å². The van der Waals surface area contributed by atoms with Gasteiger partial charge >= 0.3 is 0 Å². The summed E-state index contributed by atoms with van der Waals surface area (Å²) in [6, 6.07) is 12.7. The lowest BCUT2D eigenvalue weighted by atomic mass is 10.0. The third-order valence-electron chi connectivity index (χ3n) is 5.93. The second-order valence-electron chi connectivity index (χ2n) is 7.78. The van der Waals surface area contributed by atoms with Gasteiger partial charge < -0.3 is 14.5 Å². The minimum Gasteiger partial charge on any atom is -0.495 e. The number of carbonyl (C=O) groups is 2. The number of piperazine rings is 1. The van der Waals surface area contributed by atoms with Gasteiger partial charge in [-0.15, -0.1) is 0 Å². The number of amides is 2. The molecular formula is C24H26ClN3O3. The highest BCUT2D eigenvalue weighted by Gasteiger charge is 2.43. The standard InChI is InChI=1S/C24H26ClN3O3/c1-4-26-11-13-27(14-12-26)22-21(17-7-5-16(2)6-8-17)23(29)28(24(22)30)18-9-10-20(31-3)19(25)15-18/h5-10,15H,4,11-14H2,1-3H3. The van der Waals surface area contributed by atoms with E-state index in [1.54, 1.807) is 18.2 Å². The molecule has 2 aliphatic heterocycles. The van der Waals surface area contributed by atoms with Crippen LogP contribution >= 0.6 is 11.6 Å². The van der Waals surface area contributed by atoms with Gasteiger partial charge in [0.25, 0.3) is 11.8 Å². The van der Waals surface area contributed by atoms with E-state index in [9.17, 15) is 9.59 Å². The van der Waals surface area contributed by atoms with Crippen molar-refractivity contribution in [3.8, 4) is 5.75 Å². The Hall–Kier alpha value is -2.83. The molecule has 7 heteroatoms. The van der Waals surface area contributed by atoms with Gasteiger partial charge in [0.1, 0.15) is 11.4 Å². The SMILES string of the molecule is CCN1CCN(C2=C(c3ccc(C)cc3)C(=O)N(c3ccc(OC)c(Cl)c3)C2=O)CC1. The zero-order valence-corrected chi connectivity index (χ0v) is 18.8. The molecule has 0 radical (unpaired) electrons. The number of imide groups is 1. The van der Waals surface area contributed by atoms with Gasteiger partial charge in [0, 0.05) is 26.2 Å². The number of anilines is 1. The summed E-state index contributed by atoms with van der Waals surface area (Å²) in [5.74, 6) is -0.151. The van der Waals surface area contributed by atoms with Crippen molar-refractivity contribution >= 4 is 34.7 Å². The average molecular weight is 440 g/mol. The van der Waals surface area contributed by atoms with Gasteiger partial charge in [0.05, 0.1) is 23.4 Å². The van der Waals surface area contributed by atoms with Crippen molar-refractivity contribution in [3.05, 3.63) is 64.3 Å². The van der Waals surface area contributed by atoms with Gasteiger partial charge in [-0.2, -0.15) is 0 Å². The third-order valence-corrected chi connectivity index (χ3v) is 6.22. The molecular weight excluding hydrogens is 414 g/mol. The molecule has 0 unspecified atom stereocenters. The molecule has 6 nitrogen and oxygen atoms in total. The summed E-state index contributed by atoms with van der Waals surface area (Å²) in [6.45, 7) is 8.22. The van der Waals surface area contributed by atoms with Crippen LogP contribution in [0.4, 0.5) is 5.69 Å². The van der Waals surface area contributed by atoms with Crippen molar-refractivity contribution < 1.29 is 14.3 Å². The normalized spacial score (nSPS) is 17.7. The first-order chi connectivity index (χ1) is 14.9. The van der Waals surface area contributed by atoms with E-state index >= 15 is 0 Å². The van der Waals surface area contributed by atoms with E-state index in [1.165, 1.54) is 12.0 Å². The zero-order valence-electron chi connectivity index (χ0n) is 18.0. The van der Waals surface area contributed by atoms with Crippen molar-refractivity contribution in [2.45, 2.75) is 13.8 Å². The van der Waals surface area contributed by atoms with Crippen LogP contribution in [0.1, 0.15) is 18.1 Å². The summed E-state index contributed by atoms with van der Waals surface area (Å²) in [4.78, 5) is 32.8. The van der Waals surface area contributed by atoms with E-state index < -0.39 is 0 Å². The van der Waals surface area contributed by atoms with Crippen LogP contribution in [0.25, 0.3) is 5.57 Å². The fourth-order valence-corrected chi connectivity index (χ4v) is 4.36. The van der Waals surface area contributed by atoms with Crippen molar-refractivity contribution in [1.29, 1.82) is 0 Å². The number of ether oxygens (including phenoxy) is 1. The number of aryl methyl sites for hydroxylation is 1. The molecule has 0 spiro atoms. The minimum atomic E-state index is -0.331. The molecule has 31 heavy (non-hydrogen) atoms. The Bertz CT molecular complexity index is 1040. The van der Waals surface area contributed by atoms with Gasteiger partial charge in [0.2, 0.25) is 0 Å².